The number of furan rings is 1. The van der Waals surface area contributed by atoms with Crippen LogP contribution in [0.4, 0.5) is 0 Å². The van der Waals surface area contributed by atoms with Crippen molar-refractivity contribution in [1.82, 2.24) is 9.97 Å². The van der Waals surface area contributed by atoms with Crippen LogP contribution >= 0.6 is 0 Å². The van der Waals surface area contributed by atoms with E-state index in [1.165, 1.54) is 5.56 Å². The smallest absolute Gasteiger partial charge is 0.152 e. The second kappa shape index (κ2) is 10.9. The number of aromatic nitrogens is 2. The number of hydrogen-bond acceptors (Lipinski definition) is 4. The van der Waals surface area contributed by atoms with Gasteiger partial charge in [-0.05, 0) is 23.9 Å². The summed E-state index contributed by atoms with van der Waals surface area (Å²) in [4.78, 5) is 8.67. The van der Waals surface area contributed by atoms with Crippen molar-refractivity contribution in [3.05, 3.63) is 121 Å². The van der Waals surface area contributed by atoms with E-state index >= 15 is 0 Å². The fourth-order valence-electron chi connectivity index (χ4n) is 3.73. The van der Waals surface area contributed by atoms with E-state index in [1.807, 2.05) is 72.8 Å². The number of rotatable bonds is 2. The average Bonchev–Trinajstić information content (AvgIpc) is 3.30. The third kappa shape index (κ3) is 5.05. The first-order chi connectivity index (χ1) is 16.7. The van der Waals surface area contributed by atoms with E-state index in [1.54, 1.807) is 18.5 Å². The van der Waals surface area contributed by atoms with Gasteiger partial charge in [0, 0.05) is 49.0 Å². The molecule has 0 unspecified atom stereocenters. The third-order valence-corrected chi connectivity index (χ3v) is 5.41. The summed E-state index contributed by atoms with van der Waals surface area (Å²) in [6.45, 7) is 2.05. The molecule has 4 nitrogen and oxygen atoms in total. The summed E-state index contributed by atoms with van der Waals surface area (Å²) in [5.74, 6) is 0. The quantitative estimate of drug-likeness (QED) is 0.191. The van der Waals surface area contributed by atoms with Crippen molar-refractivity contribution in [2.24, 2.45) is 0 Å². The predicted molar refractivity (Wildman–Crippen MR) is 134 cm³/mol. The molecule has 0 fully saturated rings. The van der Waals surface area contributed by atoms with Gasteiger partial charge in [0.2, 0.25) is 0 Å². The maximum atomic E-state index is 9.22. The second-order valence-electron chi connectivity index (χ2n) is 7.70. The summed E-state index contributed by atoms with van der Waals surface area (Å²) in [7, 11) is 0. The number of fused-ring (bicyclic) bond motifs is 3. The first kappa shape index (κ1) is 24.0. The molecule has 5 heteroatoms. The Morgan fingerprint density at radius 1 is 0.771 bits per heavy atom. The normalized spacial score (nSPS) is 10.2. The molecule has 0 atom stereocenters. The molecule has 0 saturated carbocycles. The number of nitrogens with zero attached hydrogens (tertiary/aromatic N) is 3. The SMILES string of the molecule is Cc1c[c-]c(-c2ccccn2)cc1.N#Cc1cccc2c1oc1c(-c3[c-]cccc3)nccc12.[Ir]. The monoisotopic (exact) mass is 630 g/mol. The van der Waals surface area contributed by atoms with Crippen LogP contribution in [0, 0.1) is 30.4 Å². The minimum Gasteiger partial charge on any atom is -0.462 e. The van der Waals surface area contributed by atoms with E-state index in [2.05, 4.69) is 41.2 Å². The van der Waals surface area contributed by atoms with Gasteiger partial charge in [-0.2, -0.15) is 5.26 Å². The Labute approximate surface area is 217 Å². The molecule has 0 aliphatic heterocycles. The number of hydrogen-bond donors (Lipinski definition) is 0. The van der Waals surface area contributed by atoms with Crippen LogP contribution < -0.4 is 0 Å². The Hall–Kier alpha value is -4.10. The van der Waals surface area contributed by atoms with Crippen LogP contribution in [-0.4, -0.2) is 9.97 Å². The first-order valence-electron chi connectivity index (χ1n) is 10.8. The maximum Gasteiger partial charge on any atom is 0.152 e. The van der Waals surface area contributed by atoms with Crippen LogP contribution in [0.1, 0.15) is 11.1 Å². The molecule has 3 aromatic carbocycles. The molecule has 3 heterocycles. The van der Waals surface area contributed by atoms with E-state index in [-0.39, 0.29) is 20.1 Å². The zero-order chi connectivity index (χ0) is 23.3. The van der Waals surface area contributed by atoms with Crippen molar-refractivity contribution in [2.75, 3.05) is 0 Å². The zero-order valence-electron chi connectivity index (χ0n) is 18.8. The fraction of sp³-hybridized carbons (Fsp3) is 0.0333. The zero-order valence-corrected chi connectivity index (χ0v) is 21.2. The fourth-order valence-corrected chi connectivity index (χ4v) is 3.73. The molecule has 1 radical (unpaired) electrons. The van der Waals surface area contributed by atoms with Gasteiger partial charge in [0.15, 0.2) is 5.58 Å². The van der Waals surface area contributed by atoms with Crippen LogP contribution in [0.2, 0.25) is 0 Å². The second-order valence-corrected chi connectivity index (χ2v) is 7.70. The topological polar surface area (TPSA) is 62.7 Å². The van der Waals surface area contributed by atoms with Gasteiger partial charge < -0.3 is 14.4 Å². The molecule has 6 aromatic rings. The number of aryl methyl sites for hydroxylation is 1. The number of pyridine rings is 2. The largest absolute Gasteiger partial charge is 0.462 e. The molecular formula is C30H19IrN3O-2. The Morgan fingerprint density at radius 2 is 1.63 bits per heavy atom. The van der Waals surface area contributed by atoms with Crippen LogP contribution in [0.5, 0.6) is 0 Å². The summed E-state index contributed by atoms with van der Waals surface area (Å²) < 4.78 is 5.96. The van der Waals surface area contributed by atoms with Crippen molar-refractivity contribution in [3.63, 3.8) is 0 Å². The molecule has 6 rings (SSSR count). The molecule has 35 heavy (non-hydrogen) atoms. The van der Waals surface area contributed by atoms with Crippen molar-refractivity contribution in [2.45, 2.75) is 6.92 Å². The van der Waals surface area contributed by atoms with E-state index in [0.717, 1.165) is 33.3 Å². The molecule has 0 amide bonds. The van der Waals surface area contributed by atoms with Gasteiger partial charge in [-0.3, -0.25) is 0 Å². The van der Waals surface area contributed by atoms with E-state index in [9.17, 15) is 5.26 Å². The van der Waals surface area contributed by atoms with Crippen LogP contribution in [0.3, 0.4) is 0 Å². The van der Waals surface area contributed by atoms with Gasteiger partial charge >= 0.3 is 0 Å². The van der Waals surface area contributed by atoms with Gasteiger partial charge in [-0.25, -0.2) is 0 Å². The minimum atomic E-state index is 0. The van der Waals surface area contributed by atoms with Gasteiger partial charge in [0.1, 0.15) is 11.7 Å². The van der Waals surface area contributed by atoms with Crippen molar-refractivity contribution < 1.29 is 24.5 Å². The summed E-state index contributed by atoms with van der Waals surface area (Å²) >= 11 is 0. The first-order valence-corrected chi connectivity index (χ1v) is 10.8. The van der Waals surface area contributed by atoms with E-state index in [0.29, 0.717) is 16.7 Å². The van der Waals surface area contributed by atoms with Gasteiger partial charge in [0.25, 0.3) is 0 Å². The van der Waals surface area contributed by atoms with Crippen molar-refractivity contribution >= 4 is 21.9 Å². The summed E-state index contributed by atoms with van der Waals surface area (Å²) in [5, 5.41) is 11.1. The van der Waals surface area contributed by atoms with Crippen molar-refractivity contribution in [1.29, 1.82) is 5.26 Å². The molecule has 3 aromatic heterocycles. The number of benzene rings is 3. The van der Waals surface area contributed by atoms with Crippen LogP contribution in [0.25, 0.3) is 44.5 Å². The van der Waals surface area contributed by atoms with Gasteiger partial charge in [-0.1, -0.05) is 31.2 Å². The Morgan fingerprint density at radius 3 is 2.34 bits per heavy atom. The summed E-state index contributed by atoms with van der Waals surface area (Å²) in [6, 6.07) is 35.6. The Kier molecular flexibility index (Phi) is 7.47. The average molecular weight is 630 g/mol. The standard InChI is InChI=1S/C18H9N2O.C12H10N.Ir/c19-11-13-7-4-8-14-15-9-10-20-16(18(15)21-17(13)14)12-5-2-1-3-6-12;1-10-5-7-11(8-6-10)12-4-2-3-9-13-12;/h1-5,7-10H;2-7,9H,1H3;/q2*-1;. The Bertz CT molecular complexity index is 1600. The van der Waals surface area contributed by atoms with Crippen LogP contribution in [-0.2, 0) is 20.1 Å². The molecule has 171 valence electrons. The minimum absolute atomic E-state index is 0. The van der Waals surface area contributed by atoms with Gasteiger partial charge in [0.05, 0.1) is 5.56 Å². The molecule has 0 bridgehead atoms. The third-order valence-electron chi connectivity index (χ3n) is 5.41. The number of para-hydroxylation sites is 1. The molecule has 0 aliphatic carbocycles. The van der Waals surface area contributed by atoms with Gasteiger partial charge in [-0.15, -0.1) is 71.3 Å². The number of nitriles is 1. The van der Waals surface area contributed by atoms with E-state index < -0.39 is 0 Å². The van der Waals surface area contributed by atoms with E-state index in [4.69, 9.17) is 4.42 Å². The molecule has 0 N–H and O–H groups in total. The summed E-state index contributed by atoms with van der Waals surface area (Å²) in [6.07, 6.45) is 3.55. The van der Waals surface area contributed by atoms with Crippen LogP contribution in [0.15, 0.2) is 102 Å². The summed E-state index contributed by atoms with van der Waals surface area (Å²) in [5.41, 5.74) is 6.70. The predicted octanol–water partition coefficient (Wildman–Crippen LogP) is 7.17. The van der Waals surface area contributed by atoms with Crippen molar-refractivity contribution in [3.8, 4) is 28.6 Å². The molecule has 0 spiro atoms. The molecule has 0 aliphatic rings. The maximum absolute atomic E-state index is 9.22. The molecular weight excluding hydrogens is 611 g/mol. The molecule has 0 saturated heterocycles. The Balaban J connectivity index is 0.000000179.